The van der Waals surface area contributed by atoms with Crippen LogP contribution in [0.4, 0.5) is 5.69 Å². The molecule has 1 aromatic carbocycles. The number of nitrogens with one attached hydrogen (secondary N) is 1. The second-order valence-corrected chi connectivity index (χ2v) is 5.16. The first kappa shape index (κ1) is 15.5. The van der Waals surface area contributed by atoms with Crippen molar-refractivity contribution in [2.24, 2.45) is 0 Å². The zero-order valence-corrected chi connectivity index (χ0v) is 12.4. The summed E-state index contributed by atoms with van der Waals surface area (Å²) in [6, 6.07) is 7.25. The Kier molecular flexibility index (Phi) is 5.75. The lowest BCUT2D eigenvalue weighted by molar-refractivity contribution is -0.117. The van der Waals surface area contributed by atoms with Gasteiger partial charge < -0.3 is 15.0 Å². The maximum absolute atomic E-state index is 12.1. The van der Waals surface area contributed by atoms with Crippen LogP contribution in [0.3, 0.4) is 0 Å². The Morgan fingerprint density at radius 3 is 2.95 bits per heavy atom. The maximum Gasteiger partial charge on any atom is 0.251 e. The lowest BCUT2D eigenvalue weighted by atomic mass is 10.1. The van der Waals surface area contributed by atoms with E-state index < -0.39 is 0 Å². The normalized spacial score (nSPS) is 14.5. The number of rotatable bonds is 7. The molecule has 1 aliphatic heterocycles. The predicted octanol–water partition coefficient (Wildman–Crippen LogP) is 1.97. The average Bonchev–Trinajstić information content (AvgIpc) is 2.93. The number of nitrogens with zero attached hydrogens (tertiary/aromatic N) is 1. The first-order valence-electron chi connectivity index (χ1n) is 7.40. The van der Waals surface area contributed by atoms with E-state index in [1.54, 1.807) is 24.1 Å². The number of hydrogen-bond donors (Lipinski definition) is 1. The molecule has 1 aromatic rings. The number of unbranched alkanes of at least 4 members (excludes halogenated alkanes) is 1. The van der Waals surface area contributed by atoms with Gasteiger partial charge in [-0.15, -0.1) is 0 Å². The summed E-state index contributed by atoms with van der Waals surface area (Å²) in [5, 5.41) is 2.89. The molecule has 2 amide bonds. The minimum Gasteiger partial charge on any atom is -0.385 e. The summed E-state index contributed by atoms with van der Waals surface area (Å²) in [7, 11) is 1.67. The summed E-state index contributed by atoms with van der Waals surface area (Å²) in [5.74, 6) is 0.0352. The van der Waals surface area contributed by atoms with Crippen LogP contribution in [0.1, 0.15) is 36.0 Å². The molecule has 0 bridgehead atoms. The van der Waals surface area contributed by atoms with Gasteiger partial charge in [-0.05, 0) is 37.5 Å². The van der Waals surface area contributed by atoms with Crippen LogP contribution in [0, 0.1) is 0 Å². The molecule has 5 nitrogen and oxygen atoms in total. The third-order valence-electron chi connectivity index (χ3n) is 3.55. The Morgan fingerprint density at radius 1 is 1.38 bits per heavy atom. The van der Waals surface area contributed by atoms with Gasteiger partial charge in [-0.3, -0.25) is 9.59 Å². The monoisotopic (exact) mass is 290 g/mol. The Morgan fingerprint density at radius 2 is 2.24 bits per heavy atom. The number of methoxy groups -OCH3 is 1. The van der Waals surface area contributed by atoms with E-state index in [0.717, 1.165) is 31.5 Å². The van der Waals surface area contributed by atoms with Crippen molar-refractivity contribution < 1.29 is 14.3 Å². The van der Waals surface area contributed by atoms with E-state index >= 15 is 0 Å². The summed E-state index contributed by atoms with van der Waals surface area (Å²) in [6.45, 7) is 2.08. The molecule has 0 aliphatic carbocycles. The number of hydrogen-bond acceptors (Lipinski definition) is 3. The van der Waals surface area contributed by atoms with Crippen LogP contribution in [-0.4, -0.2) is 38.6 Å². The van der Waals surface area contributed by atoms with Crippen molar-refractivity contribution >= 4 is 17.5 Å². The van der Waals surface area contributed by atoms with Gasteiger partial charge in [0.2, 0.25) is 5.91 Å². The van der Waals surface area contributed by atoms with Gasteiger partial charge in [0.05, 0.1) is 0 Å². The number of amides is 2. The molecule has 0 atom stereocenters. The van der Waals surface area contributed by atoms with E-state index in [4.69, 9.17) is 4.74 Å². The molecule has 21 heavy (non-hydrogen) atoms. The quantitative estimate of drug-likeness (QED) is 0.781. The first-order chi connectivity index (χ1) is 10.2. The van der Waals surface area contributed by atoms with Crippen LogP contribution in [0.15, 0.2) is 24.3 Å². The summed E-state index contributed by atoms with van der Waals surface area (Å²) in [4.78, 5) is 25.6. The summed E-state index contributed by atoms with van der Waals surface area (Å²) < 4.78 is 4.97. The van der Waals surface area contributed by atoms with Gasteiger partial charge >= 0.3 is 0 Å². The lowest BCUT2D eigenvalue weighted by Gasteiger charge is -2.16. The van der Waals surface area contributed by atoms with E-state index in [-0.39, 0.29) is 11.8 Å². The lowest BCUT2D eigenvalue weighted by Crippen LogP contribution is -2.26. The minimum atomic E-state index is -0.0964. The number of carbonyl (C=O) groups excluding carboxylic acids is 2. The van der Waals surface area contributed by atoms with Gasteiger partial charge in [0.1, 0.15) is 0 Å². The topological polar surface area (TPSA) is 58.6 Å². The Bertz CT molecular complexity index is 502. The van der Waals surface area contributed by atoms with E-state index in [0.29, 0.717) is 25.1 Å². The Hall–Kier alpha value is -1.88. The van der Waals surface area contributed by atoms with Crippen molar-refractivity contribution in [1.29, 1.82) is 0 Å². The zero-order valence-electron chi connectivity index (χ0n) is 12.4. The summed E-state index contributed by atoms with van der Waals surface area (Å²) in [5.41, 5.74) is 1.41. The van der Waals surface area contributed by atoms with Crippen molar-refractivity contribution in [3.63, 3.8) is 0 Å². The summed E-state index contributed by atoms with van der Waals surface area (Å²) >= 11 is 0. The first-order valence-corrected chi connectivity index (χ1v) is 7.40. The summed E-state index contributed by atoms with van der Waals surface area (Å²) in [6.07, 6.45) is 3.30. The molecule has 2 rings (SSSR count). The molecule has 5 heteroatoms. The highest BCUT2D eigenvalue weighted by Gasteiger charge is 2.22. The average molecular weight is 290 g/mol. The molecule has 1 N–H and O–H groups in total. The predicted molar refractivity (Wildman–Crippen MR) is 81.5 cm³/mol. The van der Waals surface area contributed by atoms with Crippen LogP contribution in [0.5, 0.6) is 0 Å². The van der Waals surface area contributed by atoms with Crippen molar-refractivity contribution in [3.05, 3.63) is 29.8 Å². The number of ether oxygens (including phenoxy) is 1. The largest absolute Gasteiger partial charge is 0.385 e. The molecular formula is C16H22N2O3. The molecule has 0 spiro atoms. The van der Waals surface area contributed by atoms with Crippen LogP contribution < -0.4 is 10.2 Å². The highest BCUT2D eigenvalue weighted by molar-refractivity contribution is 5.99. The van der Waals surface area contributed by atoms with Gasteiger partial charge in [0, 0.05) is 44.5 Å². The van der Waals surface area contributed by atoms with Crippen molar-refractivity contribution in [2.75, 3.05) is 31.7 Å². The fourth-order valence-corrected chi connectivity index (χ4v) is 2.41. The van der Waals surface area contributed by atoms with Crippen molar-refractivity contribution in [1.82, 2.24) is 5.32 Å². The van der Waals surface area contributed by atoms with E-state index in [9.17, 15) is 9.59 Å². The highest BCUT2D eigenvalue weighted by Crippen LogP contribution is 2.22. The fourth-order valence-electron chi connectivity index (χ4n) is 2.41. The molecule has 0 aromatic heterocycles. The third kappa shape index (κ3) is 4.29. The molecule has 114 valence electrons. The minimum absolute atomic E-state index is 0.0964. The molecule has 0 unspecified atom stereocenters. The fraction of sp³-hybridized carbons (Fsp3) is 0.500. The Labute approximate surface area is 125 Å². The van der Waals surface area contributed by atoms with Crippen LogP contribution in [0.2, 0.25) is 0 Å². The molecule has 1 saturated heterocycles. The van der Waals surface area contributed by atoms with Crippen LogP contribution in [-0.2, 0) is 9.53 Å². The van der Waals surface area contributed by atoms with E-state index in [2.05, 4.69) is 5.32 Å². The van der Waals surface area contributed by atoms with Gasteiger partial charge in [-0.2, -0.15) is 0 Å². The number of benzene rings is 1. The molecule has 0 saturated carbocycles. The van der Waals surface area contributed by atoms with Gasteiger partial charge in [-0.25, -0.2) is 0 Å². The SMILES string of the molecule is COCCCCNC(=O)c1cccc(N2CCCC2=O)c1. The highest BCUT2D eigenvalue weighted by atomic mass is 16.5. The van der Waals surface area contributed by atoms with E-state index in [1.807, 2.05) is 12.1 Å². The molecule has 1 aliphatic rings. The molecule has 1 heterocycles. The number of anilines is 1. The second-order valence-electron chi connectivity index (χ2n) is 5.16. The molecular weight excluding hydrogens is 268 g/mol. The van der Waals surface area contributed by atoms with Gasteiger partial charge in [0.25, 0.3) is 5.91 Å². The molecule has 1 fully saturated rings. The molecule has 0 radical (unpaired) electrons. The standard InChI is InChI=1S/C16H22N2O3/c1-21-11-3-2-9-17-16(20)13-6-4-7-14(12-13)18-10-5-8-15(18)19/h4,6-7,12H,2-3,5,8-11H2,1H3,(H,17,20). The third-order valence-corrected chi connectivity index (χ3v) is 3.55. The smallest absolute Gasteiger partial charge is 0.251 e. The number of carbonyl (C=O) groups is 2. The van der Waals surface area contributed by atoms with Crippen LogP contribution >= 0.6 is 0 Å². The second kappa shape index (κ2) is 7.78. The maximum atomic E-state index is 12.1. The van der Waals surface area contributed by atoms with Gasteiger partial charge in [0.15, 0.2) is 0 Å². The van der Waals surface area contributed by atoms with Crippen molar-refractivity contribution in [2.45, 2.75) is 25.7 Å². The zero-order chi connectivity index (χ0) is 15.1. The van der Waals surface area contributed by atoms with E-state index in [1.165, 1.54) is 0 Å². The van der Waals surface area contributed by atoms with Crippen LogP contribution in [0.25, 0.3) is 0 Å². The Balaban J connectivity index is 1.91. The van der Waals surface area contributed by atoms with Gasteiger partial charge in [-0.1, -0.05) is 6.07 Å². The van der Waals surface area contributed by atoms with Crippen molar-refractivity contribution in [3.8, 4) is 0 Å².